The van der Waals surface area contributed by atoms with Gasteiger partial charge in [-0.3, -0.25) is 9.59 Å². The lowest BCUT2D eigenvalue weighted by atomic mass is 10.0. The molecule has 0 radical (unpaired) electrons. The van der Waals surface area contributed by atoms with Crippen LogP contribution < -0.4 is 10.5 Å². The van der Waals surface area contributed by atoms with Gasteiger partial charge in [0.2, 0.25) is 5.91 Å². The lowest BCUT2D eigenvalue weighted by Crippen LogP contribution is -2.28. The van der Waals surface area contributed by atoms with E-state index in [-0.39, 0.29) is 29.2 Å². The minimum atomic E-state index is -0.447. The van der Waals surface area contributed by atoms with Gasteiger partial charge < -0.3 is 14.4 Å². The largest absolute Gasteiger partial charge is 0.388 e. The number of halogens is 1. The average molecular weight is 629 g/mol. The topological polar surface area (TPSA) is 113 Å². The van der Waals surface area contributed by atoms with Gasteiger partial charge in [0.05, 0.1) is 22.5 Å². The summed E-state index contributed by atoms with van der Waals surface area (Å²) in [5, 5.41) is 11.7. The van der Waals surface area contributed by atoms with Gasteiger partial charge >= 0.3 is 12.0 Å². The molecule has 9 nitrogen and oxygen atoms in total. The number of aromatic amines is 2. The van der Waals surface area contributed by atoms with Crippen molar-refractivity contribution in [2.75, 3.05) is 10.7 Å². The van der Waals surface area contributed by atoms with Crippen LogP contribution >= 0.6 is 23.4 Å². The third-order valence-corrected chi connectivity index (χ3v) is 9.72. The van der Waals surface area contributed by atoms with E-state index in [0.717, 1.165) is 49.5 Å². The molecule has 8 aromatic rings. The van der Waals surface area contributed by atoms with Crippen LogP contribution in [0, 0.1) is 0 Å². The van der Waals surface area contributed by atoms with E-state index in [9.17, 15) is 9.59 Å². The fraction of sp³-hybridized carbons (Fsp3) is 0.0588. The van der Waals surface area contributed by atoms with E-state index in [1.54, 1.807) is 23.1 Å². The van der Waals surface area contributed by atoms with Crippen LogP contribution in [0.5, 0.6) is 0 Å². The van der Waals surface area contributed by atoms with Crippen LogP contribution in [-0.4, -0.2) is 36.4 Å². The number of hydrogen-bond acceptors (Lipinski definition) is 6. The van der Waals surface area contributed by atoms with Crippen LogP contribution in [0.3, 0.4) is 0 Å². The third kappa shape index (κ3) is 3.89. The zero-order chi connectivity index (χ0) is 30.2. The Hall–Kier alpha value is -5.32. The number of H-pyrrole nitrogens is 2. The average Bonchev–Trinajstić information content (AvgIpc) is 3.86. The molecule has 0 spiro atoms. The maximum atomic E-state index is 14.1. The Balaban J connectivity index is 1.25. The molecule has 0 aliphatic carbocycles. The molecule has 0 saturated carbocycles. The van der Waals surface area contributed by atoms with Crippen molar-refractivity contribution in [3.05, 3.63) is 118 Å². The number of nitrogens with one attached hydrogen (secondary N) is 2. The predicted octanol–water partition coefficient (Wildman–Crippen LogP) is 7.59. The number of rotatable bonds is 4. The zero-order valence-corrected chi connectivity index (χ0v) is 24.9. The molecule has 1 aliphatic heterocycles. The Labute approximate surface area is 263 Å². The number of aromatic nitrogens is 5. The first kappa shape index (κ1) is 26.1. The summed E-state index contributed by atoms with van der Waals surface area (Å²) in [6, 6.07) is 30.8. The smallest absolute Gasteiger partial charge is 0.331 e. The van der Waals surface area contributed by atoms with Gasteiger partial charge in [0.1, 0.15) is 5.37 Å². The van der Waals surface area contributed by atoms with Crippen LogP contribution in [0.2, 0.25) is 5.02 Å². The van der Waals surface area contributed by atoms with Crippen molar-refractivity contribution < 1.29 is 9.21 Å². The first-order valence-electron chi connectivity index (χ1n) is 14.2. The molecule has 11 heteroatoms. The zero-order valence-electron chi connectivity index (χ0n) is 23.3. The maximum absolute atomic E-state index is 14.1. The third-order valence-electron chi connectivity index (χ3n) is 8.31. The number of carbonyl (C=O) groups is 1. The fourth-order valence-electron chi connectivity index (χ4n) is 6.36. The molecule has 5 heterocycles. The SMILES string of the molecule is O=C1CSC(c2c(-c3ccccc3)[nH]c3ccccc23)N1c1nnc(-n2c(=O)c3ccccc3c3[nH]c4ccc(Cl)cc4c32)o1. The number of amides is 1. The summed E-state index contributed by atoms with van der Waals surface area (Å²) in [5.41, 5.74) is 5.60. The molecular formula is C34H21ClN6O3S. The van der Waals surface area contributed by atoms with Crippen molar-refractivity contribution in [2.24, 2.45) is 0 Å². The molecule has 0 bridgehead atoms. The van der Waals surface area contributed by atoms with Gasteiger partial charge in [0, 0.05) is 43.2 Å². The number of hydrogen-bond donors (Lipinski definition) is 2. The van der Waals surface area contributed by atoms with E-state index in [1.807, 2.05) is 78.9 Å². The normalized spacial score (nSPS) is 15.4. The van der Waals surface area contributed by atoms with Crippen LogP contribution in [0.15, 0.2) is 106 Å². The van der Waals surface area contributed by atoms with Crippen molar-refractivity contribution in [2.45, 2.75) is 5.37 Å². The van der Waals surface area contributed by atoms with Crippen molar-refractivity contribution in [3.63, 3.8) is 0 Å². The molecule has 45 heavy (non-hydrogen) atoms. The van der Waals surface area contributed by atoms with Gasteiger partial charge in [-0.25, -0.2) is 9.47 Å². The Kier molecular flexibility index (Phi) is 5.71. The number of nitrogens with zero attached hydrogens (tertiary/aromatic N) is 4. The molecule has 1 fully saturated rings. The molecule has 1 saturated heterocycles. The number of anilines is 1. The van der Waals surface area contributed by atoms with E-state index in [1.165, 1.54) is 16.3 Å². The van der Waals surface area contributed by atoms with Crippen molar-refractivity contribution in [1.82, 2.24) is 24.7 Å². The second-order valence-corrected chi connectivity index (χ2v) is 12.3. The number of benzene rings is 4. The number of para-hydroxylation sites is 1. The van der Waals surface area contributed by atoms with Gasteiger partial charge in [0.15, 0.2) is 0 Å². The Morgan fingerprint density at radius 2 is 1.49 bits per heavy atom. The van der Waals surface area contributed by atoms with E-state index in [2.05, 4.69) is 20.2 Å². The molecule has 1 aliphatic rings. The van der Waals surface area contributed by atoms with E-state index < -0.39 is 5.37 Å². The first-order valence-corrected chi connectivity index (χ1v) is 15.7. The van der Waals surface area contributed by atoms with Crippen LogP contribution in [0.25, 0.3) is 60.9 Å². The fourth-order valence-corrected chi connectivity index (χ4v) is 7.74. The van der Waals surface area contributed by atoms with Crippen molar-refractivity contribution in [3.8, 4) is 17.3 Å². The first-order chi connectivity index (χ1) is 22.1. The molecule has 1 amide bonds. The van der Waals surface area contributed by atoms with Gasteiger partial charge in [-0.15, -0.1) is 11.8 Å². The summed E-state index contributed by atoms with van der Waals surface area (Å²) >= 11 is 7.89. The second kappa shape index (κ2) is 9.85. The van der Waals surface area contributed by atoms with Gasteiger partial charge in [-0.2, -0.15) is 0 Å². The highest BCUT2D eigenvalue weighted by Crippen LogP contribution is 2.47. The Bertz CT molecular complexity index is 2530. The number of pyridine rings is 1. The molecule has 4 aromatic carbocycles. The summed E-state index contributed by atoms with van der Waals surface area (Å²) < 4.78 is 7.68. The predicted molar refractivity (Wildman–Crippen MR) is 178 cm³/mol. The van der Waals surface area contributed by atoms with Crippen molar-refractivity contribution in [1.29, 1.82) is 0 Å². The van der Waals surface area contributed by atoms with E-state index >= 15 is 0 Å². The summed E-state index contributed by atoms with van der Waals surface area (Å²) in [4.78, 5) is 36.1. The van der Waals surface area contributed by atoms with Gasteiger partial charge in [-0.1, -0.05) is 88.5 Å². The minimum Gasteiger partial charge on any atom is -0.388 e. The quantitative estimate of drug-likeness (QED) is 0.208. The monoisotopic (exact) mass is 628 g/mol. The highest BCUT2D eigenvalue weighted by molar-refractivity contribution is 8.00. The molecule has 2 N–H and O–H groups in total. The molecule has 1 unspecified atom stereocenters. The summed E-state index contributed by atoms with van der Waals surface area (Å²) in [6.45, 7) is 0. The Morgan fingerprint density at radius 3 is 2.33 bits per heavy atom. The standard InChI is InChI=1S/C34H21ClN6O3S/c35-19-14-15-25-23(16-19)30-29(37-25)20-10-4-5-11-21(20)31(43)41(30)34-39-38-33(44-34)40-26(42)17-45-32(40)27-22-12-6-7-13-24(22)36-28(27)18-8-2-1-3-9-18/h1-16,32,36-37H,17H2. The number of carbonyl (C=O) groups excluding carboxylic acids is 1. The minimum absolute atomic E-state index is 0.0142. The van der Waals surface area contributed by atoms with Crippen LogP contribution in [-0.2, 0) is 4.79 Å². The summed E-state index contributed by atoms with van der Waals surface area (Å²) in [6.07, 6.45) is 0. The highest BCUT2D eigenvalue weighted by Gasteiger charge is 2.40. The Morgan fingerprint density at radius 1 is 0.778 bits per heavy atom. The highest BCUT2D eigenvalue weighted by atomic mass is 35.5. The molecule has 1 atom stereocenters. The lowest BCUT2D eigenvalue weighted by Gasteiger charge is -2.21. The maximum Gasteiger partial charge on any atom is 0.331 e. The van der Waals surface area contributed by atoms with E-state index in [0.29, 0.717) is 15.9 Å². The molecule has 4 aromatic heterocycles. The van der Waals surface area contributed by atoms with E-state index in [4.69, 9.17) is 16.0 Å². The van der Waals surface area contributed by atoms with Gasteiger partial charge in [-0.05, 0) is 35.9 Å². The number of fused-ring (bicyclic) bond motifs is 6. The second-order valence-electron chi connectivity index (χ2n) is 10.8. The molecule has 218 valence electrons. The molecular weight excluding hydrogens is 608 g/mol. The van der Waals surface area contributed by atoms with Gasteiger partial charge in [0.25, 0.3) is 5.56 Å². The molecule has 9 rings (SSSR count). The summed E-state index contributed by atoms with van der Waals surface area (Å²) in [7, 11) is 0. The lowest BCUT2D eigenvalue weighted by molar-refractivity contribution is -0.116. The van der Waals surface area contributed by atoms with Crippen LogP contribution in [0.4, 0.5) is 6.01 Å². The summed E-state index contributed by atoms with van der Waals surface area (Å²) in [5.74, 6) is 0.0661. The number of thioether (sulfide) groups is 1. The van der Waals surface area contributed by atoms with Crippen molar-refractivity contribution >= 4 is 78.9 Å². The van der Waals surface area contributed by atoms with Crippen LogP contribution in [0.1, 0.15) is 10.9 Å².